The number of hydrogen-bond donors (Lipinski definition) is 1. The number of carbonyl (C=O) groups excluding carboxylic acids is 1. The highest BCUT2D eigenvalue weighted by Gasteiger charge is 2.33. The Morgan fingerprint density at radius 1 is 1.41 bits per heavy atom. The number of aromatic nitrogens is 1. The normalized spacial score (nSPS) is 16.0. The number of carbonyl (C=O) groups is 1. The van der Waals surface area contributed by atoms with Crippen LogP contribution in [0.2, 0.25) is 0 Å². The van der Waals surface area contributed by atoms with E-state index in [-0.39, 0.29) is 17.9 Å². The molecule has 32 heavy (non-hydrogen) atoms. The molecule has 1 aliphatic heterocycles. The van der Waals surface area contributed by atoms with E-state index in [2.05, 4.69) is 4.99 Å². The summed E-state index contributed by atoms with van der Waals surface area (Å²) >= 11 is 4.74. The van der Waals surface area contributed by atoms with Crippen LogP contribution in [-0.4, -0.2) is 29.4 Å². The van der Waals surface area contributed by atoms with Crippen molar-refractivity contribution in [3.05, 3.63) is 74.6 Å². The van der Waals surface area contributed by atoms with Gasteiger partial charge in [0, 0.05) is 4.88 Å². The van der Waals surface area contributed by atoms with Crippen LogP contribution in [0.4, 0.5) is 0 Å². The Morgan fingerprint density at radius 3 is 2.84 bits per heavy atom. The number of hydrogen-bond acceptors (Lipinski definition) is 8. The number of phenols is 1. The number of thiophene rings is 1. The maximum absolute atomic E-state index is 13.5. The van der Waals surface area contributed by atoms with Gasteiger partial charge in [-0.15, -0.1) is 11.3 Å². The number of aromatic hydroxyl groups is 1. The predicted octanol–water partition coefficient (Wildman–Crippen LogP) is 3.18. The summed E-state index contributed by atoms with van der Waals surface area (Å²) in [6.45, 7) is 3.74. The number of ether oxygens (including phenoxy) is 2. The number of phenolic OH excluding ortho intramolecular Hbond substituents is 1. The molecule has 1 unspecified atom stereocenters. The SMILES string of the molecule is CCOC(=O)C1=C(C)N=c2s/c(=C/c3cc(I)c(O)c(OC)c3)c(=O)n2C1c1cccs1. The lowest BCUT2D eigenvalue weighted by Gasteiger charge is -2.23. The van der Waals surface area contributed by atoms with Crippen LogP contribution < -0.4 is 19.6 Å². The molecule has 0 aliphatic carbocycles. The van der Waals surface area contributed by atoms with E-state index < -0.39 is 12.0 Å². The average molecular weight is 582 g/mol. The van der Waals surface area contributed by atoms with Gasteiger partial charge in [0.05, 0.1) is 33.1 Å². The monoisotopic (exact) mass is 582 g/mol. The molecule has 2 aromatic heterocycles. The Balaban J connectivity index is 1.93. The van der Waals surface area contributed by atoms with E-state index in [0.29, 0.717) is 35.5 Å². The van der Waals surface area contributed by atoms with Crippen LogP contribution in [0.25, 0.3) is 6.08 Å². The van der Waals surface area contributed by atoms with Gasteiger partial charge in [0.15, 0.2) is 16.3 Å². The second-order valence-corrected chi connectivity index (χ2v) is 10.0. The molecule has 3 aromatic rings. The molecular weight excluding hydrogens is 563 g/mol. The minimum atomic E-state index is -0.595. The zero-order valence-electron chi connectivity index (χ0n) is 17.4. The Bertz CT molecular complexity index is 1400. The van der Waals surface area contributed by atoms with Gasteiger partial charge in [0.25, 0.3) is 5.56 Å². The quantitative estimate of drug-likeness (QED) is 0.369. The van der Waals surface area contributed by atoms with E-state index in [4.69, 9.17) is 9.47 Å². The molecule has 1 atom stereocenters. The predicted molar refractivity (Wildman–Crippen MR) is 132 cm³/mol. The lowest BCUT2D eigenvalue weighted by Crippen LogP contribution is -2.39. The van der Waals surface area contributed by atoms with Crippen molar-refractivity contribution in [2.75, 3.05) is 13.7 Å². The van der Waals surface area contributed by atoms with Crippen LogP contribution >= 0.6 is 45.3 Å². The summed E-state index contributed by atoms with van der Waals surface area (Å²) in [5.41, 5.74) is 1.37. The molecular formula is C22H19IN2O5S2. The minimum Gasteiger partial charge on any atom is -0.504 e. The van der Waals surface area contributed by atoms with Gasteiger partial charge < -0.3 is 14.6 Å². The van der Waals surface area contributed by atoms with Gasteiger partial charge in [0.2, 0.25) is 0 Å². The summed E-state index contributed by atoms with van der Waals surface area (Å²) < 4.78 is 13.1. The molecule has 0 spiro atoms. The summed E-state index contributed by atoms with van der Waals surface area (Å²) in [5, 5.41) is 12.0. The fourth-order valence-electron chi connectivity index (χ4n) is 3.49. The van der Waals surface area contributed by atoms with Crippen molar-refractivity contribution < 1.29 is 19.4 Å². The van der Waals surface area contributed by atoms with Gasteiger partial charge in [0.1, 0.15) is 6.04 Å². The van der Waals surface area contributed by atoms with Crippen molar-refractivity contribution in [3.8, 4) is 11.5 Å². The van der Waals surface area contributed by atoms with Gasteiger partial charge in [-0.1, -0.05) is 17.4 Å². The molecule has 1 aliphatic rings. The van der Waals surface area contributed by atoms with Gasteiger partial charge in [-0.05, 0) is 71.7 Å². The van der Waals surface area contributed by atoms with Gasteiger partial charge in [-0.2, -0.15) is 0 Å². The zero-order chi connectivity index (χ0) is 23.0. The van der Waals surface area contributed by atoms with Crippen LogP contribution in [0.3, 0.4) is 0 Å². The second-order valence-electron chi connectivity index (χ2n) is 6.87. The van der Waals surface area contributed by atoms with Crippen LogP contribution in [0.15, 0.2) is 50.7 Å². The van der Waals surface area contributed by atoms with Gasteiger partial charge in [-0.3, -0.25) is 9.36 Å². The molecule has 4 rings (SSSR count). The number of esters is 1. The van der Waals surface area contributed by atoms with Crippen molar-refractivity contribution in [2.24, 2.45) is 4.99 Å². The van der Waals surface area contributed by atoms with Crippen molar-refractivity contribution in [3.63, 3.8) is 0 Å². The highest BCUT2D eigenvalue weighted by atomic mass is 127. The topological polar surface area (TPSA) is 90.1 Å². The fourth-order valence-corrected chi connectivity index (χ4v) is 5.99. The van der Waals surface area contributed by atoms with E-state index in [9.17, 15) is 14.7 Å². The van der Waals surface area contributed by atoms with E-state index in [1.54, 1.807) is 36.6 Å². The Hall–Kier alpha value is -2.44. The summed E-state index contributed by atoms with van der Waals surface area (Å²) in [6, 6.07) is 6.63. The number of benzene rings is 1. The molecule has 0 fully saturated rings. The summed E-state index contributed by atoms with van der Waals surface area (Å²) in [6.07, 6.45) is 1.74. The van der Waals surface area contributed by atoms with E-state index >= 15 is 0 Å². The average Bonchev–Trinajstić information content (AvgIpc) is 3.38. The summed E-state index contributed by atoms with van der Waals surface area (Å²) in [5.74, 6) is -0.0915. The third-order valence-corrected chi connectivity index (χ3v) is 7.63. The first-order chi connectivity index (χ1) is 15.3. The maximum Gasteiger partial charge on any atom is 0.338 e. The molecule has 0 bridgehead atoms. The molecule has 0 saturated carbocycles. The fraction of sp³-hybridized carbons (Fsp3) is 0.227. The molecule has 0 saturated heterocycles. The first-order valence-electron chi connectivity index (χ1n) is 9.65. The lowest BCUT2D eigenvalue weighted by molar-refractivity contribution is -0.139. The third kappa shape index (κ3) is 4.02. The molecule has 1 N–H and O–H groups in total. The first kappa shape index (κ1) is 22.7. The van der Waals surface area contributed by atoms with Crippen LogP contribution in [0.5, 0.6) is 11.5 Å². The molecule has 0 amide bonds. The number of fused-ring (bicyclic) bond motifs is 1. The standard InChI is InChI=1S/C22H19IN2O5S2/c1-4-30-21(28)17-11(2)24-22-25(18(17)15-6-5-7-31-15)20(27)16(32-22)10-12-8-13(23)19(26)14(9-12)29-3/h5-10,18,26H,4H2,1-3H3/b16-10+. The van der Waals surface area contributed by atoms with Crippen molar-refractivity contribution >= 4 is 57.3 Å². The smallest absolute Gasteiger partial charge is 0.338 e. The Labute approximate surface area is 205 Å². The van der Waals surface area contributed by atoms with Crippen molar-refractivity contribution in [2.45, 2.75) is 19.9 Å². The molecule has 10 heteroatoms. The highest BCUT2D eigenvalue weighted by Crippen LogP contribution is 2.34. The van der Waals surface area contributed by atoms with E-state index in [0.717, 1.165) is 4.88 Å². The second kappa shape index (κ2) is 9.20. The zero-order valence-corrected chi connectivity index (χ0v) is 21.2. The number of halogens is 1. The molecule has 7 nitrogen and oxygen atoms in total. The molecule has 166 valence electrons. The maximum atomic E-state index is 13.5. The number of methoxy groups -OCH3 is 1. The number of thiazole rings is 1. The van der Waals surface area contributed by atoms with Crippen LogP contribution in [0.1, 0.15) is 30.3 Å². The van der Waals surface area contributed by atoms with E-state index in [1.165, 1.54) is 29.8 Å². The van der Waals surface area contributed by atoms with E-state index in [1.807, 2.05) is 40.1 Å². The molecule has 3 heterocycles. The third-order valence-electron chi connectivity index (χ3n) is 4.90. The Kier molecular flexibility index (Phi) is 6.54. The summed E-state index contributed by atoms with van der Waals surface area (Å²) in [7, 11) is 1.48. The highest BCUT2D eigenvalue weighted by molar-refractivity contribution is 14.1. The number of allylic oxidation sites excluding steroid dienone is 1. The molecule has 0 radical (unpaired) electrons. The van der Waals surface area contributed by atoms with Gasteiger partial charge in [-0.25, -0.2) is 9.79 Å². The van der Waals surface area contributed by atoms with Crippen LogP contribution in [0, 0.1) is 3.57 Å². The molecule has 1 aromatic carbocycles. The van der Waals surface area contributed by atoms with Crippen LogP contribution in [-0.2, 0) is 9.53 Å². The number of nitrogens with zero attached hydrogens (tertiary/aromatic N) is 2. The van der Waals surface area contributed by atoms with Crippen molar-refractivity contribution in [1.29, 1.82) is 0 Å². The minimum absolute atomic E-state index is 0.0547. The first-order valence-corrected chi connectivity index (χ1v) is 12.4. The summed E-state index contributed by atoms with van der Waals surface area (Å²) in [4.78, 5) is 32.2. The lowest BCUT2D eigenvalue weighted by atomic mass is 10.0. The largest absolute Gasteiger partial charge is 0.504 e. The van der Waals surface area contributed by atoms with Gasteiger partial charge >= 0.3 is 5.97 Å². The number of rotatable bonds is 5. The Morgan fingerprint density at radius 2 is 2.19 bits per heavy atom. The van der Waals surface area contributed by atoms with Crippen molar-refractivity contribution in [1.82, 2.24) is 4.57 Å².